The van der Waals surface area contributed by atoms with E-state index in [-0.39, 0.29) is 18.2 Å². The first-order chi connectivity index (χ1) is 8.34. The van der Waals surface area contributed by atoms with E-state index in [2.05, 4.69) is 5.10 Å². The summed E-state index contributed by atoms with van der Waals surface area (Å²) in [4.78, 5) is 12.0. The zero-order valence-corrected chi connectivity index (χ0v) is 11.1. The van der Waals surface area contributed by atoms with Gasteiger partial charge in [0.25, 0.3) is 0 Å². The zero-order valence-electron chi connectivity index (χ0n) is 11.1. The molecule has 0 spiro atoms. The molecule has 1 aromatic heterocycles. The van der Waals surface area contributed by atoms with Crippen LogP contribution in [0.2, 0.25) is 0 Å². The Balaban J connectivity index is 2.88. The van der Waals surface area contributed by atoms with Crippen molar-refractivity contribution in [3.8, 4) is 12.1 Å². The Kier molecular flexibility index (Phi) is 3.88. The molecule has 0 aliphatic heterocycles. The molecular weight excluding hydrogens is 228 g/mol. The van der Waals surface area contributed by atoms with E-state index < -0.39 is 5.41 Å². The van der Waals surface area contributed by atoms with Gasteiger partial charge in [-0.15, -0.1) is 0 Å². The molecule has 0 unspecified atom stereocenters. The molecule has 5 heteroatoms. The summed E-state index contributed by atoms with van der Waals surface area (Å²) in [5.74, 6) is -0.534. The highest BCUT2D eigenvalue weighted by Crippen LogP contribution is 2.28. The number of carbonyl (C=O) groups is 1. The second-order valence-electron chi connectivity index (χ2n) is 4.76. The van der Waals surface area contributed by atoms with E-state index in [1.165, 1.54) is 4.68 Å². The largest absolute Gasteiger partial charge is 0.273 e. The number of aryl methyl sites for hydroxylation is 2. The van der Waals surface area contributed by atoms with Gasteiger partial charge in [0.1, 0.15) is 5.41 Å². The fraction of sp³-hybridized carbons (Fsp3) is 0.538. The van der Waals surface area contributed by atoms with E-state index in [0.29, 0.717) is 0 Å². The predicted octanol–water partition coefficient (Wildman–Crippen LogP) is 2.22. The second kappa shape index (κ2) is 5.01. The molecule has 0 saturated carbocycles. The molecule has 0 aromatic carbocycles. The molecule has 0 aliphatic rings. The maximum atomic E-state index is 12.0. The molecule has 0 aliphatic carbocycles. The van der Waals surface area contributed by atoms with Crippen LogP contribution in [0.25, 0.3) is 0 Å². The van der Waals surface area contributed by atoms with Crippen molar-refractivity contribution in [3.63, 3.8) is 0 Å². The molecule has 94 valence electrons. The van der Waals surface area contributed by atoms with Crippen LogP contribution in [0.1, 0.15) is 36.5 Å². The third-order valence-corrected chi connectivity index (χ3v) is 3.18. The molecule has 18 heavy (non-hydrogen) atoms. The van der Waals surface area contributed by atoms with Crippen LogP contribution in [0.3, 0.4) is 0 Å². The smallest absolute Gasteiger partial charge is 0.247 e. The lowest BCUT2D eigenvalue weighted by Gasteiger charge is -2.20. The minimum absolute atomic E-state index is 0.125. The van der Waals surface area contributed by atoms with Crippen molar-refractivity contribution in [1.82, 2.24) is 9.78 Å². The summed E-state index contributed by atoms with van der Waals surface area (Å²) in [5.41, 5.74) is 0.392. The van der Waals surface area contributed by atoms with Crippen LogP contribution in [0.15, 0.2) is 6.07 Å². The fourth-order valence-corrected chi connectivity index (χ4v) is 1.68. The molecular formula is C13H16N4O. The molecule has 5 nitrogen and oxygen atoms in total. The standard InChI is InChI=1S/C13H16N4O/c1-9(13(4,7-14)8-15)5-12(18)17-11(3)6-10(2)16-17/h6,9H,5H2,1-4H3/t9-/m1/s1. The van der Waals surface area contributed by atoms with Crippen LogP contribution in [-0.4, -0.2) is 15.7 Å². The zero-order chi connectivity index (χ0) is 13.9. The third-order valence-electron chi connectivity index (χ3n) is 3.18. The first kappa shape index (κ1) is 13.9. The molecule has 0 saturated heterocycles. The molecule has 0 fully saturated rings. The first-order valence-electron chi connectivity index (χ1n) is 5.73. The van der Waals surface area contributed by atoms with E-state index in [9.17, 15) is 4.79 Å². The predicted molar refractivity (Wildman–Crippen MR) is 65.4 cm³/mol. The van der Waals surface area contributed by atoms with Crippen molar-refractivity contribution in [2.45, 2.75) is 34.1 Å². The van der Waals surface area contributed by atoms with Gasteiger partial charge in [0.05, 0.1) is 17.8 Å². The topological polar surface area (TPSA) is 82.5 Å². The van der Waals surface area contributed by atoms with Gasteiger partial charge in [-0.2, -0.15) is 15.6 Å². The van der Waals surface area contributed by atoms with Crippen LogP contribution in [0, 0.1) is 47.8 Å². The second-order valence-corrected chi connectivity index (χ2v) is 4.76. The molecule has 1 atom stereocenters. The highest BCUT2D eigenvalue weighted by atomic mass is 16.2. The summed E-state index contributed by atoms with van der Waals surface area (Å²) in [6, 6.07) is 5.74. The molecule has 1 heterocycles. The van der Waals surface area contributed by atoms with E-state index in [1.54, 1.807) is 20.8 Å². The summed E-state index contributed by atoms with van der Waals surface area (Å²) >= 11 is 0. The molecule has 0 N–H and O–H groups in total. The van der Waals surface area contributed by atoms with Crippen molar-refractivity contribution in [1.29, 1.82) is 10.5 Å². The molecule has 1 rings (SSSR count). The summed E-state index contributed by atoms with van der Waals surface area (Å²) in [6.07, 6.45) is 0.125. The quantitative estimate of drug-likeness (QED) is 0.816. The molecule has 0 bridgehead atoms. The molecule has 1 aromatic rings. The van der Waals surface area contributed by atoms with Crippen molar-refractivity contribution in [3.05, 3.63) is 17.5 Å². The van der Waals surface area contributed by atoms with Gasteiger partial charge in [-0.25, -0.2) is 4.68 Å². The van der Waals surface area contributed by atoms with Gasteiger partial charge in [0.15, 0.2) is 0 Å². The Morgan fingerprint density at radius 2 is 2.06 bits per heavy atom. The monoisotopic (exact) mass is 244 g/mol. The summed E-state index contributed by atoms with van der Waals surface area (Å²) in [6.45, 7) is 6.90. The Labute approximate surface area is 107 Å². The van der Waals surface area contributed by atoms with E-state index in [4.69, 9.17) is 10.5 Å². The van der Waals surface area contributed by atoms with Crippen LogP contribution in [0.5, 0.6) is 0 Å². The number of hydrogen-bond donors (Lipinski definition) is 0. The van der Waals surface area contributed by atoms with Gasteiger partial charge < -0.3 is 0 Å². The number of aromatic nitrogens is 2. The number of carbonyl (C=O) groups excluding carboxylic acids is 1. The van der Waals surface area contributed by atoms with Gasteiger partial charge in [-0.3, -0.25) is 4.79 Å². The van der Waals surface area contributed by atoms with Crippen LogP contribution >= 0.6 is 0 Å². The fourth-order valence-electron chi connectivity index (χ4n) is 1.68. The van der Waals surface area contributed by atoms with Gasteiger partial charge in [0, 0.05) is 12.1 Å². The highest BCUT2D eigenvalue weighted by molar-refractivity contribution is 5.79. The summed E-state index contributed by atoms with van der Waals surface area (Å²) < 4.78 is 1.33. The molecule has 0 radical (unpaired) electrons. The Morgan fingerprint density at radius 3 is 2.44 bits per heavy atom. The lowest BCUT2D eigenvalue weighted by molar-refractivity contribution is 0.0847. The van der Waals surface area contributed by atoms with Gasteiger partial charge in [-0.05, 0) is 32.8 Å². The Bertz CT molecular complexity index is 530. The van der Waals surface area contributed by atoms with Crippen molar-refractivity contribution in [2.24, 2.45) is 11.3 Å². The minimum atomic E-state index is -1.15. The number of nitrogens with zero attached hydrogens (tertiary/aromatic N) is 4. The van der Waals surface area contributed by atoms with Gasteiger partial charge in [-0.1, -0.05) is 6.92 Å². The number of rotatable bonds is 3. The number of hydrogen-bond acceptors (Lipinski definition) is 4. The minimum Gasteiger partial charge on any atom is -0.273 e. The van der Waals surface area contributed by atoms with E-state index in [0.717, 1.165) is 11.4 Å². The maximum Gasteiger partial charge on any atom is 0.247 e. The average molecular weight is 244 g/mol. The SMILES string of the molecule is Cc1cc(C)n(C(=O)C[C@@H](C)C(C)(C#N)C#N)n1. The summed E-state index contributed by atoms with van der Waals surface area (Å²) in [7, 11) is 0. The first-order valence-corrected chi connectivity index (χ1v) is 5.73. The Hall–Kier alpha value is -2.14. The molecule has 0 amide bonds. The Morgan fingerprint density at radius 1 is 1.50 bits per heavy atom. The van der Waals surface area contributed by atoms with Crippen molar-refractivity contribution in [2.75, 3.05) is 0 Å². The normalized spacial score (nSPS) is 12.6. The van der Waals surface area contributed by atoms with Crippen LogP contribution in [-0.2, 0) is 0 Å². The van der Waals surface area contributed by atoms with Gasteiger partial charge in [0.2, 0.25) is 5.91 Å². The van der Waals surface area contributed by atoms with Gasteiger partial charge >= 0.3 is 0 Å². The van der Waals surface area contributed by atoms with E-state index in [1.807, 2.05) is 25.1 Å². The average Bonchev–Trinajstić information content (AvgIpc) is 2.67. The van der Waals surface area contributed by atoms with Crippen LogP contribution in [0.4, 0.5) is 0 Å². The third kappa shape index (κ3) is 2.57. The lowest BCUT2D eigenvalue weighted by Crippen LogP contribution is -2.27. The van der Waals surface area contributed by atoms with E-state index >= 15 is 0 Å². The lowest BCUT2D eigenvalue weighted by atomic mass is 9.79. The van der Waals surface area contributed by atoms with Crippen molar-refractivity contribution >= 4 is 5.91 Å². The maximum absolute atomic E-state index is 12.0. The van der Waals surface area contributed by atoms with Crippen molar-refractivity contribution < 1.29 is 4.79 Å². The van der Waals surface area contributed by atoms with Crippen LogP contribution < -0.4 is 0 Å². The summed E-state index contributed by atoms with van der Waals surface area (Å²) in [5, 5.41) is 22.1. The highest BCUT2D eigenvalue weighted by Gasteiger charge is 2.33. The number of nitriles is 2.